The molecule has 8 heteroatoms. The Morgan fingerprint density at radius 1 is 1.07 bits per heavy atom. The van der Waals surface area contributed by atoms with Crippen molar-refractivity contribution in [3.05, 3.63) is 50.1 Å². The van der Waals surface area contributed by atoms with Crippen molar-refractivity contribution in [2.24, 2.45) is 0 Å². The van der Waals surface area contributed by atoms with Gasteiger partial charge >= 0.3 is 6.03 Å². The minimum Gasteiger partial charge on any atom is -0.307 e. The van der Waals surface area contributed by atoms with Crippen LogP contribution in [0.2, 0.25) is 0 Å². The van der Waals surface area contributed by atoms with Gasteiger partial charge in [0.1, 0.15) is 0 Å². The Morgan fingerprint density at radius 3 is 2.43 bits per heavy atom. The highest BCUT2D eigenvalue weighted by molar-refractivity contribution is 9.11. The van der Waals surface area contributed by atoms with Gasteiger partial charge in [-0.2, -0.15) is 0 Å². The van der Waals surface area contributed by atoms with Gasteiger partial charge in [-0.15, -0.1) is 11.3 Å². The zero-order valence-electron chi connectivity index (χ0n) is 16.1. The Labute approximate surface area is 178 Å². The molecule has 0 saturated carbocycles. The van der Waals surface area contributed by atoms with Crippen LogP contribution in [-0.4, -0.2) is 54.5 Å². The van der Waals surface area contributed by atoms with E-state index in [4.69, 9.17) is 0 Å². The van der Waals surface area contributed by atoms with Crippen LogP contribution in [0.1, 0.15) is 16.0 Å². The van der Waals surface area contributed by atoms with E-state index in [9.17, 15) is 9.59 Å². The highest BCUT2D eigenvalue weighted by atomic mass is 79.9. The molecule has 2 heterocycles. The van der Waals surface area contributed by atoms with E-state index < -0.39 is 6.03 Å². The number of urea groups is 1. The van der Waals surface area contributed by atoms with Gasteiger partial charge in [0.15, 0.2) is 0 Å². The lowest BCUT2D eigenvalue weighted by Crippen LogP contribution is -2.50. The summed E-state index contributed by atoms with van der Waals surface area (Å²) in [4.78, 5) is 30.1. The number of benzene rings is 1. The van der Waals surface area contributed by atoms with Gasteiger partial charge in [0.2, 0.25) is 5.91 Å². The van der Waals surface area contributed by atoms with Gasteiger partial charge in [0.05, 0.1) is 10.3 Å². The van der Waals surface area contributed by atoms with Crippen LogP contribution in [0.15, 0.2) is 34.1 Å². The monoisotopic (exact) mass is 464 g/mol. The van der Waals surface area contributed by atoms with Gasteiger partial charge in [-0.3, -0.25) is 19.9 Å². The van der Waals surface area contributed by atoms with Crippen LogP contribution in [0.5, 0.6) is 0 Å². The van der Waals surface area contributed by atoms with E-state index in [-0.39, 0.29) is 12.5 Å². The second-order valence-corrected chi connectivity index (χ2v) is 9.63. The summed E-state index contributed by atoms with van der Waals surface area (Å²) in [5.74, 6) is -0.280. The number of amides is 3. The number of imide groups is 1. The minimum atomic E-state index is -0.487. The number of carbonyl (C=O) groups is 2. The van der Waals surface area contributed by atoms with Crippen LogP contribution in [0, 0.1) is 13.8 Å². The number of nitrogens with zero attached hydrogens (tertiary/aromatic N) is 2. The zero-order valence-corrected chi connectivity index (χ0v) is 18.5. The molecule has 1 aliphatic rings. The highest BCUT2D eigenvalue weighted by Crippen LogP contribution is 2.23. The number of piperazine rings is 1. The molecule has 1 aromatic carbocycles. The standard InChI is InChI=1S/C20H25BrN4O2S/c1-14-3-5-17(15(2)11-14)22-20(27)23-19(26)13-25-9-7-24(8-10-25)12-16-4-6-18(21)28-16/h3-6,11H,7-10,12-13H2,1-2H3,(H2,22,23,26,27). The number of rotatable bonds is 5. The Hall–Kier alpha value is -1.74. The maximum absolute atomic E-state index is 12.2. The van der Waals surface area contributed by atoms with Crippen LogP contribution in [0.3, 0.4) is 0 Å². The maximum atomic E-state index is 12.2. The molecule has 1 fully saturated rings. The summed E-state index contributed by atoms with van der Waals surface area (Å²) >= 11 is 5.25. The normalized spacial score (nSPS) is 15.4. The van der Waals surface area contributed by atoms with Crippen molar-refractivity contribution in [2.75, 3.05) is 38.0 Å². The lowest BCUT2D eigenvalue weighted by atomic mass is 10.1. The molecule has 0 radical (unpaired) electrons. The summed E-state index contributed by atoms with van der Waals surface area (Å²) in [6.07, 6.45) is 0. The van der Waals surface area contributed by atoms with Gasteiger partial charge in [-0.25, -0.2) is 4.79 Å². The molecule has 6 nitrogen and oxygen atoms in total. The van der Waals surface area contributed by atoms with E-state index in [0.29, 0.717) is 5.69 Å². The predicted molar refractivity (Wildman–Crippen MR) is 117 cm³/mol. The summed E-state index contributed by atoms with van der Waals surface area (Å²) in [5.41, 5.74) is 2.81. The average molecular weight is 465 g/mol. The number of nitrogens with one attached hydrogen (secondary N) is 2. The number of aryl methyl sites for hydroxylation is 2. The van der Waals surface area contributed by atoms with Gasteiger partial charge in [-0.1, -0.05) is 17.7 Å². The molecule has 3 rings (SSSR count). The molecule has 1 saturated heterocycles. The van der Waals surface area contributed by atoms with Crippen LogP contribution < -0.4 is 10.6 Å². The molecule has 0 bridgehead atoms. The van der Waals surface area contributed by atoms with Crippen LogP contribution in [0.4, 0.5) is 10.5 Å². The zero-order chi connectivity index (χ0) is 20.1. The lowest BCUT2D eigenvalue weighted by Gasteiger charge is -2.33. The Morgan fingerprint density at radius 2 is 1.79 bits per heavy atom. The lowest BCUT2D eigenvalue weighted by molar-refractivity contribution is -0.121. The smallest absolute Gasteiger partial charge is 0.307 e. The number of hydrogen-bond acceptors (Lipinski definition) is 5. The summed E-state index contributed by atoms with van der Waals surface area (Å²) < 4.78 is 1.15. The fourth-order valence-electron chi connectivity index (χ4n) is 3.24. The third-order valence-corrected chi connectivity index (χ3v) is 6.33. The van der Waals surface area contributed by atoms with E-state index in [1.54, 1.807) is 11.3 Å². The summed E-state index contributed by atoms with van der Waals surface area (Å²) in [6.45, 7) is 8.57. The fraction of sp³-hybridized carbons (Fsp3) is 0.400. The van der Waals surface area contributed by atoms with Crippen molar-refractivity contribution in [3.8, 4) is 0 Å². The molecule has 3 amide bonds. The first-order chi connectivity index (χ1) is 13.4. The molecule has 2 aromatic rings. The average Bonchev–Trinajstić information content (AvgIpc) is 3.04. The number of thiophene rings is 1. The quantitative estimate of drug-likeness (QED) is 0.709. The summed E-state index contributed by atoms with van der Waals surface area (Å²) in [7, 11) is 0. The number of anilines is 1. The molecule has 150 valence electrons. The van der Waals surface area contributed by atoms with Gasteiger partial charge < -0.3 is 5.32 Å². The molecule has 1 aliphatic heterocycles. The van der Waals surface area contributed by atoms with E-state index in [1.807, 2.05) is 32.0 Å². The first-order valence-electron chi connectivity index (χ1n) is 9.26. The molecule has 28 heavy (non-hydrogen) atoms. The molecule has 1 aromatic heterocycles. The summed E-state index contributed by atoms with van der Waals surface area (Å²) in [6, 6.07) is 9.50. The highest BCUT2D eigenvalue weighted by Gasteiger charge is 2.20. The van der Waals surface area contributed by atoms with Gasteiger partial charge in [0, 0.05) is 43.3 Å². The van der Waals surface area contributed by atoms with Crippen molar-refractivity contribution >= 4 is 44.9 Å². The van der Waals surface area contributed by atoms with Crippen LogP contribution in [-0.2, 0) is 11.3 Å². The second kappa shape index (κ2) is 9.65. The van der Waals surface area contributed by atoms with Crippen molar-refractivity contribution in [1.29, 1.82) is 0 Å². The van der Waals surface area contributed by atoms with Crippen molar-refractivity contribution in [2.45, 2.75) is 20.4 Å². The Bertz CT molecular complexity index is 846. The predicted octanol–water partition coefficient (Wildman–Crippen LogP) is 3.59. The topological polar surface area (TPSA) is 64.7 Å². The molecular formula is C20H25BrN4O2S. The van der Waals surface area contributed by atoms with Gasteiger partial charge in [-0.05, 0) is 53.5 Å². The third kappa shape index (κ3) is 6.13. The SMILES string of the molecule is Cc1ccc(NC(=O)NC(=O)CN2CCN(Cc3ccc(Br)s3)CC2)c(C)c1. The Kier molecular flexibility index (Phi) is 7.23. The molecule has 2 N–H and O–H groups in total. The van der Waals surface area contributed by atoms with Crippen molar-refractivity contribution in [1.82, 2.24) is 15.1 Å². The van der Waals surface area contributed by atoms with E-state index in [2.05, 4.69) is 48.5 Å². The van der Waals surface area contributed by atoms with Crippen molar-refractivity contribution < 1.29 is 9.59 Å². The first kappa shape index (κ1) is 21.0. The van der Waals surface area contributed by atoms with E-state index >= 15 is 0 Å². The largest absolute Gasteiger partial charge is 0.325 e. The molecule has 0 spiro atoms. The summed E-state index contributed by atoms with van der Waals surface area (Å²) in [5, 5.41) is 5.17. The number of hydrogen-bond donors (Lipinski definition) is 2. The van der Waals surface area contributed by atoms with Crippen LogP contribution >= 0.6 is 27.3 Å². The number of halogens is 1. The minimum absolute atomic E-state index is 0.235. The van der Waals surface area contributed by atoms with E-state index in [1.165, 1.54) is 4.88 Å². The van der Waals surface area contributed by atoms with Crippen molar-refractivity contribution in [3.63, 3.8) is 0 Å². The van der Waals surface area contributed by atoms with E-state index in [0.717, 1.165) is 47.6 Å². The van der Waals surface area contributed by atoms with Crippen LogP contribution in [0.25, 0.3) is 0 Å². The fourth-order valence-corrected chi connectivity index (χ4v) is 4.76. The third-order valence-electron chi connectivity index (χ3n) is 4.72. The molecule has 0 unspecified atom stereocenters. The second-order valence-electron chi connectivity index (χ2n) is 7.08. The van der Waals surface area contributed by atoms with Gasteiger partial charge in [0.25, 0.3) is 0 Å². The molecule has 0 atom stereocenters. The first-order valence-corrected chi connectivity index (χ1v) is 10.9. The number of carbonyl (C=O) groups excluding carboxylic acids is 2. The molecular weight excluding hydrogens is 440 g/mol. The Balaban J connectivity index is 1.39. The molecule has 0 aliphatic carbocycles. The maximum Gasteiger partial charge on any atom is 0.325 e.